The lowest BCUT2D eigenvalue weighted by Gasteiger charge is -2.13. The summed E-state index contributed by atoms with van der Waals surface area (Å²) in [4.78, 5) is 15.1. The van der Waals surface area contributed by atoms with E-state index in [4.69, 9.17) is 9.63 Å². The fraction of sp³-hybridized carbons (Fsp3) is 0.0870. The number of alkyl halides is 3. The molecule has 9 heteroatoms. The highest BCUT2D eigenvalue weighted by molar-refractivity contribution is 5.88. The third-order valence-electron chi connectivity index (χ3n) is 4.46. The van der Waals surface area contributed by atoms with Crippen molar-refractivity contribution in [1.29, 1.82) is 0 Å². The highest BCUT2D eigenvalue weighted by Gasteiger charge is 2.34. The van der Waals surface area contributed by atoms with Gasteiger partial charge in [0, 0.05) is 11.1 Å². The van der Waals surface area contributed by atoms with Gasteiger partial charge in [0.2, 0.25) is 5.82 Å². The molecule has 164 valence electrons. The van der Waals surface area contributed by atoms with Crippen LogP contribution in [0.1, 0.15) is 22.8 Å². The van der Waals surface area contributed by atoms with Crippen molar-refractivity contribution in [3.63, 3.8) is 0 Å². The van der Waals surface area contributed by atoms with Gasteiger partial charge in [-0.3, -0.25) is 0 Å². The molecule has 0 aliphatic rings. The number of benzene rings is 2. The molecule has 0 aliphatic heterocycles. The molecule has 0 amide bonds. The molecule has 0 bridgehead atoms. The molecule has 2 aromatic carbocycles. The smallest absolute Gasteiger partial charge is 0.416 e. The summed E-state index contributed by atoms with van der Waals surface area (Å²) in [6.07, 6.45) is -1.14. The zero-order chi connectivity index (χ0) is 23.5. The van der Waals surface area contributed by atoms with E-state index in [0.29, 0.717) is 11.1 Å². The minimum atomic E-state index is -4.55. The van der Waals surface area contributed by atoms with E-state index in [2.05, 4.69) is 16.7 Å². The van der Waals surface area contributed by atoms with Crippen molar-refractivity contribution in [3.05, 3.63) is 89.8 Å². The molecule has 1 aromatic heterocycles. The summed E-state index contributed by atoms with van der Waals surface area (Å²) >= 11 is 0. The molecule has 1 heterocycles. The predicted molar refractivity (Wildman–Crippen MR) is 110 cm³/mol. The van der Waals surface area contributed by atoms with Crippen LogP contribution >= 0.6 is 0 Å². The molecule has 0 unspecified atom stereocenters. The fourth-order valence-corrected chi connectivity index (χ4v) is 2.96. The largest absolute Gasteiger partial charge is 0.478 e. The molecule has 0 aliphatic carbocycles. The average Bonchev–Trinajstić information content (AvgIpc) is 3.23. The van der Waals surface area contributed by atoms with Crippen molar-refractivity contribution in [1.82, 2.24) is 10.1 Å². The lowest BCUT2D eigenvalue weighted by atomic mass is 9.98. The number of aromatic nitrogens is 2. The SMILES string of the molecule is C=C/C(=C(\C=C/C)C(F)(F)F)c1ccc(-c2nc(-c3ccc(C(=O)O)c(F)c3)no2)cc1. The van der Waals surface area contributed by atoms with Crippen molar-refractivity contribution in [2.24, 2.45) is 0 Å². The third-order valence-corrected chi connectivity index (χ3v) is 4.46. The van der Waals surface area contributed by atoms with Crippen molar-refractivity contribution >= 4 is 11.5 Å². The summed E-state index contributed by atoms with van der Waals surface area (Å²) in [6, 6.07) is 9.35. The molecule has 32 heavy (non-hydrogen) atoms. The van der Waals surface area contributed by atoms with Gasteiger partial charge in [0.1, 0.15) is 5.82 Å². The van der Waals surface area contributed by atoms with Gasteiger partial charge in [-0.25, -0.2) is 9.18 Å². The molecule has 0 spiro atoms. The fourth-order valence-electron chi connectivity index (χ4n) is 2.96. The molecule has 3 aromatic rings. The summed E-state index contributed by atoms with van der Waals surface area (Å²) in [5.41, 5.74) is -0.470. The first-order valence-corrected chi connectivity index (χ1v) is 9.20. The van der Waals surface area contributed by atoms with Crippen molar-refractivity contribution in [2.75, 3.05) is 0 Å². The number of allylic oxidation sites excluding steroid dienone is 5. The summed E-state index contributed by atoms with van der Waals surface area (Å²) in [5, 5.41) is 12.7. The molecule has 0 radical (unpaired) electrons. The zero-order valence-electron chi connectivity index (χ0n) is 16.7. The zero-order valence-corrected chi connectivity index (χ0v) is 16.7. The summed E-state index contributed by atoms with van der Waals surface area (Å²) in [6.45, 7) is 4.99. The van der Waals surface area contributed by atoms with Crippen molar-refractivity contribution in [2.45, 2.75) is 13.1 Å². The van der Waals surface area contributed by atoms with Crippen LogP contribution in [0.4, 0.5) is 17.6 Å². The summed E-state index contributed by atoms with van der Waals surface area (Å²) < 4.78 is 59.2. The molecule has 5 nitrogen and oxygen atoms in total. The van der Waals surface area contributed by atoms with E-state index in [0.717, 1.165) is 24.3 Å². The second-order valence-corrected chi connectivity index (χ2v) is 6.53. The van der Waals surface area contributed by atoms with Crippen LogP contribution in [-0.2, 0) is 0 Å². The normalized spacial score (nSPS) is 12.7. The minimum absolute atomic E-state index is 0.0269. The van der Waals surface area contributed by atoms with E-state index in [1.165, 1.54) is 43.3 Å². The Kier molecular flexibility index (Phi) is 6.38. The maximum Gasteiger partial charge on any atom is 0.416 e. The van der Waals surface area contributed by atoms with Gasteiger partial charge in [-0.1, -0.05) is 42.1 Å². The predicted octanol–water partition coefficient (Wildman–Crippen LogP) is 6.32. The number of carbonyl (C=O) groups is 1. The Bertz CT molecular complexity index is 1220. The van der Waals surface area contributed by atoms with Gasteiger partial charge in [0.25, 0.3) is 5.89 Å². The van der Waals surface area contributed by atoms with Crippen LogP contribution in [0, 0.1) is 5.82 Å². The second-order valence-electron chi connectivity index (χ2n) is 6.53. The van der Waals surface area contributed by atoms with Crippen molar-refractivity contribution in [3.8, 4) is 22.8 Å². The molecule has 0 atom stereocenters. The molecule has 0 saturated carbocycles. The Hall–Kier alpha value is -4.01. The van der Waals surface area contributed by atoms with Crippen molar-refractivity contribution < 1.29 is 32.0 Å². The Morgan fingerprint density at radius 2 is 1.78 bits per heavy atom. The monoisotopic (exact) mass is 444 g/mol. The first kappa shape index (κ1) is 22.7. The highest BCUT2D eigenvalue weighted by Crippen LogP contribution is 2.35. The van der Waals surface area contributed by atoms with Gasteiger partial charge in [-0.15, -0.1) is 0 Å². The van der Waals surface area contributed by atoms with Crippen LogP contribution in [0.15, 0.2) is 77.4 Å². The Labute approximate surface area is 180 Å². The number of hydrogen-bond donors (Lipinski definition) is 1. The first-order valence-electron chi connectivity index (χ1n) is 9.20. The maximum absolute atomic E-state index is 13.9. The van der Waals surface area contributed by atoms with Crippen LogP contribution < -0.4 is 0 Å². The average molecular weight is 444 g/mol. The Morgan fingerprint density at radius 3 is 2.31 bits per heavy atom. The summed E-state index contributed by atoms with van der Waals surface area (Å²) in [5.74, 6) is -2.27. The van der Waals surface area contributed by atoms with Crippen LogP contribution in [0.2, 0.25) is 0 Å². The Morgan fingerprint density at radius 1 is 1.12 bits per heavy atom. The van der Waals surface area contributed by atoms with Gasteiger partial charge in [0.15, 0.2) is 0 Å². The lowest BCUT2D eigenvalue weighted by Crippen LogP contribution is -2.12. The number of carboxylic acid groups (broad SMARTS) is 1. The molecule has 0 fully saturated rings. The quantitative estimate of drug-likeness (QED) is 0.356. The second kappa shape index (κ2) is 9.01. The standard InChI is InChI=1S/C23H16F4N2O3/c1-3-5-18(23(25,26)27)16(4-2)13-6-8-14(9-7-13)21-28-20(29-32-21)15-10-11-17(22(30)31)19(24)12-15/h3-12H,2H2,1H3,(H,30,31)/b5-3-,18-16-. The summed E-state index contributed by atoms with van der Waals surface area (Å²) in [7, 11) is 0. The molecule has 3 rings (SSSR count). The lowest BCUT2D eigenvalue weighted by molar-refractivity contribution is -0.0875. The molecule has 0 saturated heterocycles. The Balaban J connectivity index is 1.94. The van der Waals surface area contributed by atoms with E-state index in [1.54, 1.807) is 0 Å². The van der Waals surface area contributed by atoms with E-state index < -0.39 is 29.1 Å². The number of hydrogen-bond acceptors (Lipinski definition) is 4. The number of rotatable bonds is 6. The van der Waals surface area contributed by atoms with E-state index >= 15 is 0 Å². The molecular formula is C23H16F4N2O3. The van der Waals surface area contributed by atoms with E-state index in [9.17, 15) is 22.4 Å². The minimum Gasteiger partial charge on any atom is -0.478 e. The van der Waals surface area contributed by atoms with E-state index in [-0.39, 0.29) is 22.9 Å². The number of aromatic carboxylic acids is 1. The highest BCUT2D eigenvalue weighted by atomic mass is 19.4. The number of carboxylic acids is 1. The topological polar surface area (TPSA) is 76.2 Å². The molecular weight excluding hydrogens is 428 g/mol. The van der Waals surface area contributed by atoms with Crippen LogP contribution in [0.3, 0.4) is 0 Å². The van der Waals surface area contributed by atoms with E-state index in [1.807, 2.05) is 0 Å². The number of nitrogens with zero attached hydrogens (tertiary/aromatic N) is 2. The maximum atomic E-state index is 13.9. The van der Waals surface area contributed by atoms with Gasteiger partial charge >= 0.3 is 12.1 Å². The van der Waals surface area contributed by atoms with Crippen LogP contribution in [0.5, 0.6) is 0 Å². The van der Waals surface area contributed by atoms with Crippen LogP contribution in [0.25, 0.3) is 28.4 Å². The van der Waals surface area contributed by atoms with Gasteiger partial charge in [-0.05, 0) is 48.4 Å². The third kappa shape index (κ3) is 4.66. The first-order chi connectivity index (χ1) is 15.2. The van der Waals surface area contributed by atoms with Crippen LogP contribution in [-0.4, -0.2) is 27.4 Å². The van der Waals surface area contributed by atoms with Gasteiger partial charge in [-0.2, -0.15) is 18.2 Å². The van der Waals surface area contributed by atoms with Gasteiger partial charge < -0.3 is 9.63 Å². The van der Waals surface area contributed by atoms with Gasteiger partial charge in [0.05, 0.1) is 11.1 Å². The number of halogens is 4. The molecule has 1 N–H and O–H groups in total.